The van der Waals surface area contributed by atoms with Crippen molar-refractivity contribution >= 4 is 17.7 Å². The van der Waals surface area contributed by atoms with Gasteiger partial charge in [-0.25, -0.2) is 15.3 Å². The maximum atomic E-state index is 12.1. The number of aromatic hydroxyl groups is 3. The summed E-state index contributed by atoms with van der Waals surface area (Å²) < 4.78 is 14.3. The number of hydrogen-bond donors (Lipinski definition) is 3. The van der Waals surface area contributed by atoms with Crippen LogP contribution in [0.3, 0.4) is 0 Å². The molecule has 309 valence electrons. The van der Waals surface area contributed by atoms with Crippen molar-refractivity contribution in [3.05, 3.63) is 86.0 Å². The minimum Gasteiger partial charge on any atom is -0.520 e. The summed E-state index contributed by atoms with van der Waals surface area (Å²) in [6.07, 6.45) is 4.35. The molecule has 3 atom stereocenters. The van der Waals surface area contributed by atoms with E-state index in [-0.39, 0.29) is 139 Å². The molecule has 0 saturated carbocycles. The fourth-order valence-corrected chi connectivity index (χ4v) is 6.20. The van der Waals surface area contributed by atoms with Crippen LogP contribution in [0.2, 0.25) is 0 Å². The summed E-state index contributed by atoms with van der Waals surface area (Å²) in [5.41, 5.74) is -2.13. The number of aromatic nitrogens is 6. The van der Waals surface area contributed by atoms with Crippen molar-refractivity contribution in [1.29, 1.82) is 0 Å². The molecule has 6 aliphatic heterocycles. The Balaban J connectivity index is 0.000000398. The van der Waals surface area contributed by atoms with Gasteiger partial charge in [0.1, 0.15) is 23.5 Å². The quantitative estimate of drug-likeness (QED) is 0.256. The number of fused-ring (bicyclic) bond motifs is 6. The predicted octanol–water partition coefficient (Wildman–Crippen LogP) is 0.232. The summed E-state index contributed by atoms with van der Waals surface area (Å²) in [5, 5.41) is 40.2. The second-order valence-electron chi connectivity index (χ2n) is 11.5. The van der Waals surface area contributed by atoms with E-state index in [0.29, 0.717) is 39.5 Å². The van der Waals surface area contributed by atoms with Gasteiger partial charge in [-0.05, 0) is 12.8 Å². The second kappa shape index (κ2) is 24.5. The number of morpholine rings is 1. The molecule has 20 nitrogen and oxygen atoms in total. The zero-order valence-corrected chi connectivity index (χ0v) is 41.7. The van der Waals surface area contributed by atoms with Crippen LogP contribution in [-0.2, 0) is 108 Å². The predicted molar refractivity (Wildman–Crippen MR) is 194 cm³/mol. The summed E-state index contributed by atoms with van der Waals surface area (Å²) in [5.74, 6) is -2.77. The maximum absolute atomic E-state index is 12.1. The van der Waals surface area contributed by atoms with E-state index in [1.165, 1.54) is 18.9 Å². The van der Waals surface area contributed by atoms with Crippen molar-refractivity contribution in [3.63, 3.8) is 0 Å². The fourth-order valence-electron chi connectivity index (χ4n) is 6.20. The SMILES string of the molecule is CC.CC.CC.O=C1c2c(O)c(=O)cnn2[CH-]C2CCCN12.O=C1c2c(O)c(=O)cnn2[CH-]C2COCCN12.O=C1c2c(O)c(=O)cnn2[CH-]C2OCCN12.[Y].[Y].[Y]. The van der Waals surface area contributed by atoms with Crippen LogP contribution in [0, 0.1) is 19.6 Å². The molecule has 3 amide bonds. The first-order valence-corrected chi connectivity index (χ1v) is 18.1. The normalized spacial score (nSPS) is 19.4. The molecule has 6 aliphatic rings. The van der Waals surface area contributed by atoms with E-state index in [9.17, 15) is 44.1 Å². The Morgan fingerprint density at radius 2 is 0.966 bits per heavy atom. The van der Waals surface area contributed by atoms with Crippen LogP contribution in [0.5, 0.6) is 17.2 Å². The van der Waals surface area contributed by atoms with Crippen LogP contribution < -0.4 is 16.3 Å². The largest absolute Gasteiger partial charge is 0.520 e. The first kappa shape index (κ1) is 53.3. The van der Waals surface area contributed by atoms with Gasteiger partial charge in [0.05, 0.1) is 38.4 Å². The van der Waals surface area contributed by atoms with Crippen molar-refractivity contribution < 1.29 is 137 Å². The summed E-state index contributed by atoms with van der Waals surface area (Å²) in [6.45, 7) is 19.8. The maximum Gasteiger partial charge on any atom is 0.223 e. The summed E-state index contributed by atoms with van der Waals surface area (Å²) in [4.78, 5) is 74.4. The van der Waals surface area contributed by atoms with E-state index in [1.54, 1.807) is 29.4 Å². The van der Waals surface area contributed by atoms with Gasteiger partial charge in [-0.15, -0.1) is 13.1 Å². The van der Waals surface area contributed by atoms with Crippen LogP contribution in [0.1, 0.15) is 85.8 Å². The molecule has 3 unspecified atom stereocenters. The number of carbonyl (C=O) groups excluding carboxylic acids is 3. The summed E-state index contributed by atoms with van der Waals surface area (Å²) in [7, 11) is 0. The Morgan fingerprint density at radius 3 is 1.45 bits per heavy atom. The second-order valence-corrected chi connectivity index (χ2v) is 11.5. The number of amides is 3. The smallest absolute Gasteiger partial charge is 0.223 e. The van der Waals surface area contributed by atoms with Gasteiger partial charge in [0.2, 0.25) is 16.3 Å². The van der Waals surface area contributed by atoms with Gasteiger partial charge in [0.25, 0.3) is 0 Å². The van der Waals surface area contributed by atoms with Gasteiger partial charge in [0.15, 0.2) is 17.7 Å². The van der Waals surface area contributed by atoms with Crippen LogP contribution in [0.15, 0.2) is 33.0 Å². The molecule has 0 spiro atoms. The van der Waals surface area contributed by atoms with Gasteiger partial charge in [-0.3, -0.25) is 28.8 Å². The van der Waals surface area contributed by atoms with E-state index in [2.05, 4.69) is 15.3 Å². The number of hydrogen-bond acceptors (Lipinski definition) is 14. The number of carbonyl (C=O) groups is 3. The van der Waals surface area contributed by atoms with Crippen molar-refractivity contribution in [2.75, 3.05) is 39.5 Å². The Kier molecular flexibility index (Phi) is 22.5. The molecule has 3 aromatic rings. The Labute approximate surface area is 410 Å². The average Bonchev–Trinajstić information content (AvgIpc) is 3.90. The average molecular weight is 1040 g/mol. The monoisotopic (exact) mass is 1040 g/mol. The zero-order chi connectivity index (χ0) is 40.6. The number of rotatable bonds is 0. The van der Waals surface area contributed by atoms with Crippen molar-refractivity contribution in [1.82, 2.24) is 44.0 Å². The molecule has 3 fully saturated rings. The molecule has 0 aromatic carbocycles. The van der Waals surface area contributed by atoms with E-state index in [0.717, 1.165) is 31.4 Å². The molecule has 3 radical (unpaired) electrons. The van der Waals surface area contributed by atoms with E-state index in [4.69, 9.17) is 9.47 Å². The standard InChI is InChI=1S/C10H10N3O4.C10H10N3O3.C9H8N3O4.3C2H6.3Y/c14-7-3-11-13-4-6-5-17-2-1-12(6)10(16)8(13)9(7)15;14-7-4-11-13-5-6-2-1-3-12(6)10(16)8(13)9(7)15;13-5-3-10-12-4-6-11(1-2-16-6)9(15)7(12)8(5)14;3*1-2;;;/h3-4,6,15H,1-2,5H2;4-6,15H,1-3H2;3-4,6,14H,1-2H2;3*1-2H3;;;/q3*-1;;;;;;. The zero-order valence-electron chi connectivity index (χ0n) is 33.2. The molecular weight excluding hydrogens is 989 g/mol. The molecule has 0 aliphatic carbocycles. The minimum absolute atomic E-state index is 0. The van der Waals surface area contributed by atoms with Gasteiger partial charge < -0.3 is 53.5 Å². The third-order valence-electron chi connectivity index (χ3n) is 8.64. The van der Waals surface area contributed by atoms with E-state index < -0.39 is 45.7 Å². The van der Waals surface area contributed by atoms with Crippen molar-refractivity contribution in [2.45, 2.75) is 72.7 Å². The van der Waals surface area contributed by atoms with Crippen LogP contribution in [0.25, 0.3) is 0 Å². The van der Waals surface area contributed by atoms with Crippen molar-refractivity contribution in [3.8, 4) is 17.2 Å². The van der Waals surface area contributed by atoms with Gasteiger partial charge in [-0.1, -0.05) is 48.1 Å². The molecule has 3 saturated heterocycles. The first-order chi connectivity index (χ1) is 26.5. The summed E-state index contributed by atoms with van der Waals surface area (Å²) >= 11 is 0. The summed E-state index contributed by atoms with van der Waals surface area (Å²) in [6, 6.07) is -0.160. The van der Waals surface area contributed by atoms with Crippen LogP contribution in [-0.4, -0.2) is 135 Å². The third kappa shape index (κ3) is 11.0. The van der Waals surface area contributed by atoms with Gasteiger partial charge >= 0.3 is 0 Å². The minimum atomic E-state index is -0.661. The van der Waals surface area contributed by atoms with Gasteiger partial charge in [-0.2, -0.15) is 0 Å². The molecule has 3 aromatic heterocycles. The third-order valence-corrected chi connectivity index (χ3v) is 8.64. The topological polar surface area (TPSA) is 245 Å². The molecule has 9 rings (SSSR count). The molecule has 3 N–H and O–H groups in total. The van der Waals surface area contributed by atoms with Gasteiger partial charge in [0, 0.05) is 147 Å². The van der Waals surface area contributed by atoms with E-state index in [1.807, 2.05) is 41.5 Å². The van der Waals surface area contributed by atoms with Crippen LogP contribution >= 0.6 is 0 Å². The molecule has 58 heavy (non-hydrogen) atoms. The molecule has 0 bridgehead atoms. The van der Waals surface area contributed by atoms with E-state index >= 15 is 0 Å². The number of ether oxygens (including phenoxy) is 2. The van der Waals surface area contributed by atoms with Crippen LogP contribution in [0.4, 0.5) is 0 Å². The Morgan fingerprint density at radius 1 is 0.569 bits per heavy atom. The van der Waals surface area contributed by atoms with Crippen molar-refractivity contribution in [2.24, 2.45) is 0 Å². The Hall–Kier alpha value is -2.71. The Bertz CT molecular complexity index is 1970. The fraction of sp³-hybridized carbons (Fsp3) is 0.486. The first-order valence-electron chi connectivity index (χ1n) is 18.1. The molecule has 9 heterocycles. The molecular formula is C35H46N9O11Y3-3. The number of nitrogens with zero attached hydrogens (tertiary/aromatic N) is 9. The molecule has 23 heteroatoms.